The summed E-state index contributed by atoms with van der Waals surface area (Å²) in [7, 11) is -1.85. The van der Waals surface area contributed by atoms with Crippen molar-refractivity contribution in [2.45, 2.75) is 71.5 Å². The highest BCUT2D eigenvalue weighted by Crippen LogP contribution is 2.29. The van der Waals surface area contributed by atoms with Gasteiger partial charge < -0.3 is 8.97 Å². The van der Waals surface area contributed by atoms with E-state index in [1.165, 1.54) is 56.4 Å². The first-order valence-corrected chi connectivity index (χ1v) is 12.8. The Bertz CT molecular complexity index is 281. The van der Waals surface area contributed by atoms with Crippen LogP contribution in [0.15, 0.2) is 12.7 Å². The Morgan fingerprint density at radius 2 is 1.62 bits per heavy atom. The van der Waals surface area contributed by atoms with Gasteiger partial charge in [0, 0.05) is 6.08 Å². The van der Waals surface area contributed by atoms with Crippen LogP contribution in [0.3, 0.4) is 0 Å². The van der Waals surface area contributed by atoms with Crippen molar-refractivity contribution in [1.82, 2.24) is 4.23 Å². The number of ether oxygens (including phenoxy) is 1. The molecule has 5 heteroatoms. The number of hydrogen-bond acceptors (Lipinski definition) is 3. The zero-order valence-corrected chi connectivity index (χ0v) is 17.0. The second-order valence-corrected chi connectivity index (χ2v) is 12.7. The molecule has 0 aliphatic rings. The molecule has 0 spiro atoms. The minimum absolute atomic E-state index is 0.271. The first-order valence-electron chi connectivity index (χ1n) is 8.64. The Labute approximate surface area is 135 Å². The summed E-state index contributed by atoms with van der Waals surface area (Å²) >= 11 is 0. The molecule has 0 aromatic rings. The Morgan fingerprint density at radius 1 is 1.10 bits per heavy atom. The Hall–Kier alpha value is -0.396. The van der Waals surface area contributed by atoms with Gasteiger partial charge in [-0.1, -0.05) is 53.5 Å². The summed E-state index contributed by atoms with van der Waals surface area (Å²) < 4.78 is 8.13. The number of carbonyl (C=O) groups is 1. The van der Waals surface area contributed by atoms with Gasteiger partial charge in [0.05, 0.1) is 6.23 Å². The molecule has 0 fully saturated rings. The van der Waals surface area contributed by atoms with Crippen molar-refractivity contribution in [2.75, 3.05) is 12.8 Å². The molecule has 21 heavy (non-hydrogen) atoms. The maximum Gasteiger partial charge on any atom is 0.329 e. The zero-order valence-electron chi connectivity index (χ0n) is 14.6. The van der Waals surface area contributed by atoms with Gasteiger partial charge in [-0.15, -0.1) is 0 Å². The summed E-state index contributed by atoms with van der Waals surface area (Å²) in [6.07, 6.45) is 6.96. The fraction of sp³-hybridized carbons (Fsp3) is 0.812. The smallest absolute Gasteiger partial charge is 0.329 e. The van der Waals surface area contributed by atoms with E-state index < -0.39 is 17.9 Å². The number of rotatable bonds is 13. The van der Waals surface area contributed by atoms with Crippen LogP contribution in [-0.2, 0) is 9.53 Å². The lowest BCUT2D eigenvalue weighted by atomic mass is 10.5. The summed E-state index contributed by atoms with van der Waals surface area (Å²) in [5, 5.41) is 0. The maximum absolute atomic E-state index is 11.3. The van der Waals surface area contributed by atoms with E-state index in [0.29, 0.717) is 6.23 Å². The molecule has 0 radical (unpaired) electrons. The quantitative estimate of drug-likeness (QED) is 0.293. The fourth-order valence-corrected chi connectivity index (χ4v) is 13.3. The minimum atomic E-state index is -1.35. The summed E-state index contributed by atoms with van der Waals surface area (Å²) in [6.45, 7) is 13.9. The molecule has 0 unspecified atom stereocenters. The average molecular weight is 330 g/mol. The second kappa shape index (κ2) is 12.2. The van der Waals surface area contributed by atoms with Gasteiger partial charge in [-0.3, -0.25) is 0 Å². The number of esters is 1. The molecule has 3 nitrogen and oxygen atoms in total. The molecule has 124 valence electrons. The fourth-order valence-electron chi connectivity index (χ4n) is 3.42. The zero-order chi connectivity index (χ0) is 16.1. The molecule has 0 aromatic heterocycles. The lowest BCUT2D eigenvalue weighted by Crippen LogP contribution is -2.56. The van der Waals surface area contributed by atoms with E-state index in [2.05, 4.69) is 38.5 Å². The number of carbonyl (C=O) groups excluding carboxylic acids is 1. The van der Waals surface area contributed by atoms with Crippen molar-refractivity contribution in [3.05, 3.63) is 12.7 Å². The van der Waals surface area contributed by atoms with Crippen LogP contribution in [0.4, 0.5) is 0 Å². The van der Waals surface area contributed by atoms with Gasteiger partial charge in [0.1, 0.15) is 17.9 Å². The lowest BCUT2D eigenvalue weighted by Gasteiger charge is -2.43. The molecule has 0 aromatic carbocycles. The SMILES string of the molecule is C=CC(=O)OC[SiH2]N(CCC)[Si](CCC)(CCC)CCC. The Morgan fingerprint density at radius 3 is 2.00 bits per heavy atom. The van der Waals surface area contributed by atoms with Crippen LogP contribution in [0.5, 0.6) is 0 Å². The first-order chi connectivity index (χ1) is 10.1. The summed E-state index contributed by atoms with van der Waals surface area (Å²) in [5.41, 5.74) is 0. The van der Waals surface area contributed by atoms with Crippen LogP contribution >= 0.6 is 0 Å². The van der Waals surface area contributed by atoms with Crippen molar-refractivity contribution in [1.29, 1.82) is 0 Å². The minimum Gasteiger partial charge on any atom is -0.465 e. The van der Waals surface area contributed by atoms with E-state index in [4.69, 9.17) is 4.74 Å². The van der Waals surface area contributed by atoms with E-state index >= 15 is 0 Å². The van der Waals surface area contributed by atoms with Gasteiger partial charge in [0.2, 0.25) is 0 Å². The standard InChI is InChI=1S/C16H35NO2Si2/c1-6-11-17(20-15-19-16(18)10-5)21(12-7-2,13-8-3)14-9-4/h10H,5-9,11-15,20H2,1-4H3. The molecule has 0 saturated heterocycles. The van der Waals surface area contributed by atoms with Crippen molar-refractivity contribution < 1.29 is 9.53 Å². The van der Waals surface area contributed by atoms with Gasteiger partial charge in [-0.2, -0.15) is 0 Å². The van der Waals surface area contributed by atoms with Crippen LogP contribution in [0.2, 0.25) is 18.1 Å². The number of nitrogens with zero attached hydrogens (tertiary/aromatic N) is 1. The summed E-state index contributed by atoms with van der Waals surface area (Å²) in [4.78, 5) is 11.3. The molecule has 0 amide bonds. The van der Waals surface area contributed by atoms with Crippen LogP contribution in [0, 0.1) is 0 Å². The van der Waals surface area contributed by atoms with Gasteiger partial charge in [0.15, 0.2) is 0 Å². The van der Waals surface area contributed by atoms with Crippen molar-refractivity contribution >= 4 is 23.9 Å². The van der Waals surface area contributed by atoms with Crippen molar-refractivity contribution in [3.63, 3.8) is 0 Å². The summed E-state index contributed by atoms with van der Waals surface area (Å²) in [5.74, 6) is -0.271. The Kier molecular flexibility index (Phi) is 11.9. The molecule has 0 saturated carbocycles. The monoisotopic (exact) mass is 329 g/mol. The first kappa shape index (κ1) is 20.6. The predicted molar refractivity (Wildman–Crippen MR) is 97.7 cm³/mol. The number of hydrogen-bond donors (Lipinski definition) is 0. The van der Waals surface area contributed by atoms with Crippen molar-refractivity contribution in [2.24, 2.45) is 0 Å². The third-order valence-corrected chi connectivity index (χ3v) is 13.9. The molecule has 0 rings (SSSR count). The van der Waals surface area contributed by atoms with Crippen LogP contribution in [0.25, 0.3) is 0 Å². The third-order valence-electron chi connectivity index (χ3n) is 4.08. The molecule has 0 bridgehead atoms. The van der Waals surface area contributed by atoms with E-state index in [-0.39, 0.29) is 5.97 Å². The highest BCUT2D eigenvalue weighted by molar-refractivity contribution is 6.82. The predicted octanol–water partition coefficient (Wildman–Crippen LogP) is 3.64. The molecular weight excluding hydrogens is 294 g/mol. The average Bonchev–Trinajstić information content (AvgIpc) is 2.46. The van der Waals surface area contributed by atoms with E-state index in [1.54, 1.807) is 0 Å². The van der Waals surface area contributed by atoms with Crippen LogP contribution < -0.4 is 0 Å². The van der Waals surface area contributed by atoms with Crippen LogP contribution in [-0.4, -0.2) is 40.9 Å². The van der Waals surface area contributed by atoms with E-state index in [0.717, 1.165) is 0 Å². The van der Waals surface area contributed by atoms with E-state index in [9.17, 15) is 4.79 Å². The molecular formula is C16H35NO2Si2. The van der Waals surface area contributed by atoms with Crippen molar-refractivity contribution in [3.8, 4) is 0 Å². The molecule has 0 aliphatic carbocycles. The Balaban J connectivity index is 4.91. The highest BCUT2D eigenvalue weighted by Gasteiger charge is 2.36. The third kappa shape index (κ3) is 7.43. The van der Waals surface area contributed by atoms with Gasteiger partial charge in [-0.05, 0) is 31.1 Å². The lowest BCUT2D eigenvalue weighted by molar-refractivity contribution is -0.135. The maximum atomic E-state index is 11.3. The van der Waals surface area contributed by atoms with Gasteiger partial charge >= 0.3 is 5.97 Å². The molecule has 0 N–H and O–H groups in total. The van der Waals surface area contributed by atoms with Gasteiger partial charge in [-0.25, -0.2) is 4.79 Å². The van der Waals surface area contributed by atoms with Gasteiger partial charge in [0.25, 0.3) is 0 Å². The molecule has 0 aliphatic heterocycles. The highest BCUT2D eigenvalue weighted by atomic mass is 28.4. The molecule has 0 heterocycles. The normalized spacial score (nSPS) is 12.2. The van der Waals surface area contributed by atoms with Crippen LogP contribution in [0.1, 0.15) is 53.4 Å². The molecule has 0 atom stereocenters. The summed E-state index contributed by atoms with van der Waals surface area (Å²) in [6, 6.07) is 4.20. The topological polar surface area (TPSA) is 29.5 Å². The second-order valence-electron chi connectivity index (χ2n) is 5.83. The largest absolute Gasteiger partial charge is 0.465 e. The van der Waals surface area contributed by atoms with E-state index in [1.807, 2.05) is 0 Å².